The van der Waals surface area contributed by atoms with Gasteiger partial charge in [-0.2, -0.15) is 0 Å². The van der Waals surface area contributed by atoms with Gasteiger partial charge in [-0.25, -0.2) is 4.90 Å². The number of carbonyl (C=O) groups excluding carboxylic acids is 4. The summed E-state index contributed by atoms with van der Waals surface area (Å²) >= 11 is 1.28. The Morgan fingerprint density at radius 1 is 0.909 bits per heavy atom. The second kappa shape index (κ2) is 13.4. The molecule has 1 aliphatic heterocycles. The normalized spacial score (nSPS) is 14.8. The van der Waals surface area contributed by atoms with Crippen molar-refractivity contribution in [2.24, 2.45) is 0 Å². The van der Waals surface area contributed by atoms with Crippen molar-refractivity contribution in [3.8, 4) is 5.75 Å². The van der Waals surface area contributed by atoms with Gasteiger partial charge in [0, 0.05) is 22.6 Å². The summed E-state index contributed by atoms with van der Waals surface area (Å²) in [5.41, 5.74) is 4.03. The summed E-state index contributed by atoms with van der Waals surface area (Å²) in [6.45, 7) is 3.80. The topological polar surface area (TPSA) is 105 Å². The molecule has 0 spiro atoms. The fraction of sp³-hybridized carbons (Fsp3) is 0.143. The fourth-order valence-electron chi connectivity index (χ4n) is 4.73. The van der Waals surface area contributed by atoms with Crippen molar-refractivity contribution in [3.05, 3.63) is 125 Å². The van der Waals surface area contributed by atoms with Crippen LogP contribution in [0.5, 0.6) is 5.75 Å². The molecule has 8 nitrogen and oxygen atoms in total. The third-order valence-electron chi connectivity index (χ3n) is 7.04. The molecule has 222 valence electrons. The summed E-state index contributed by atoms with van der Waals surface area (Å²) in [6, 6.07) is 28.4. The Bertz CT molecular complexity index is 1750. The number of rotatable bonds is 9. The molecule has 1 atom stereocenters. The van der Waals surface area contributed by atoms with Gasteiger partial charge in [-0.3, -0.25) is 19.2 Å². The summed E-state index contributed by atoms with van der Waals surface area (Å²) in [7, 11) is 1.57. The summed E-state index contributed by atoms with van der Waals surface area (Å²) in [5.74, 6) is -0.803. The molecule has 5 rings (SSSR count). The van der Waals surface area contributed by atoms with Crippen molar-refractivity contribution in [2.45, 2.75) is 30.4 Å². The molecule has 1 saturated heterocycles. The standard InChI is InChI=1S/C35H31N3O5S/c1-22-12-13-23(2)30(18-22)38-32(39)21-31(35(38)42)44-28-11-7-10-26(20-28)36-34(41)29(19-24-14-16-27(43-3)17-15-24)37-33(40)25-8-5-4-6-9-25/h4-20,31H,21H2,1-3H3,(H,36,41)(H,37,40). The number of carbonyl (C=O) groups is 4. The number of ether oxygens (including phenoxy) is 1. The third-order valence-corrected chi connectivity index (χ3v) is 8.22. The van der Waals surface area contributed by atoms with Gasteiger partial charge in [-0.1, -0.05) is 48.5 Å². The molecule has 1 unspecified atom stereocenters. The maximum absolute atomic E-state index is 13.5. The lowest BCUT2D eigenvalue weighted by molar-refractivity contribution is -0.121. The average Bonchev–Trinajstić information content (AvgIpc) is 3.30. The Hall–Kier alpha value is -5.15. The van der Waals surface area contributed by atoms with Crippen LogP contribution in [0.25, 0.3) is 6.08 Å². The van der Waals surface area contributed by atoms with E-state index in [4.69, 9.17) is 4.74 Å². The Kier molecular flexibility index (Phi) is 9.26. The highest BCUT2D eigenvalue weighted by Crippen LogP contribution is 2.36. The minimum Gasteiger partial charge on any atom is -0.497 e. The molecule has 4 aromatic rings. The second-order valence-corrected chi connectivity index (χ2v) is 11.6. The van der Waals surface area contributed by atoms with Crippen LogP contribution < -0.4 is 20.3 Å². The first-order valence-electron chi connectivity index (χ1n) is 14.0. The summed E-state index contributed by atoms with van der Waals surface area (Å²) in [6.07, 6.45) is 1.66. The monoisotopic (exact) mass is 605 g/mol. The van der Waals surface area contributed by atoms with E-state index in [1.807, 2.05) is 38.1 Å². The first-order valence-corrected chi connectivity index (χ1v) is 14.8. The van der Waals surface area contributed by atoms with Gasteiger partial charge in [0.15, 0.2) is 0 Å². The van der Waals surface area contributed by atoms with Crippen molar-refractivity contribution in [1.29, 1.82) is 0 Å². The lowest BCUT2D eigenvalue weighted by Crippen LogP contribution is -2.31. The number of imide groups is 1. The number of methoxy groups -OCH3 is 1. The zero-order chi connectivity index (χ0) is 31.2. The molecule has 0 bridgehead atoms. The zero-order valence-corrected chi connectivity index (χ0v) is 25.3. The van der Waals surface area contributed by atoms with E-state index < -0.39 is 17.1 Å². The highest BCUT2D eigenvalue weighted by molar-refractivity contribution is 8.00. The van der Waals surface area contributed by atoms with Gasteiger partial charge in [0.25, 0.3) is 11.8 Å². The molecule has 1 heterocycles. The first-order chi connectivity index (χ1) is 21.2. The van der Waals surface area contributed by atoms with Crippen LogP contribution in [0.1, 0.15) is 33.5 Å². The number of anilines is 2. The van der Waals surface area contributed by atoms with Crippen molar-refractivity contribution < 1.29 is 23.9 Å². The number of hydrogen-bond donors (Lipinski definition) is 2. The maximum atomic E-state index is 13.5. The quantitative estimate of drug-likeness (QED) is 0.175. The SMILES string of the molecule is COc1ccc(C=C(NC(=O)c2ccccc2)C(=O)Nc2cccc(SC3CC(=O)N(c4cc(C)ccc4C)C3=O)c2)cc1. The van der Waals surface area contributed by atoms with Crippen LogP contribution in [0.2, 0.25) is 0 Å². The van der Waals surface area contributed by atoms with Crippen LogP contribution >= 0.6 is 11.8 Å². The largest absolute Gasteiger partial charge is 0.497 e. The molecule has 44 heavy (non-hydrogen) atoms. The highest BCUT2D eigenvalue weighted by atomic mass is 32.2. The number of nitrogens with one attached hydrogen (secondary N) is 2. The van der Waals surface area contributed by atoms with E-state index >= 15 is 0 Å². The number of amides is 4. The molecule has 1 aliphatic rings. The Labute approximate surface area is 260 Å². The first kappa shape index (κ1) is 30.3. The molecule has 0 radical (unpaired) electrons. The van der Waals surface area contributed by atoms with E-state index in [-0.39, 0.29) is 23.9 Å². The predicted molar refractivity (Wildman–Crippen MR) is 173 cm³/mol. The predicted octanol–water partition coefficient (Wildman–Crippen LogP) is 6.15. The summed E-state index contributed by atoms with van der Waals surface area (Å²) < 4.78 is 5.22. The second-order valence-electron chi connectivity index (χ2n) is 10.3. The van der Waals surface area contributed by atoms with Crippen molar-refractivity contribution in [3.63, 3.8) is 0 Å². The van der Waals surface area contributed by atoms with Gasteiger partial charge >= 0.3 is 0 Å². The van der Waals surface area contributed by atoms with E-state index in [1.165, 1.54) is 16.7 Å². The molecular weight excluding hydrogens is 574 g/mol. The molecule has 0 saturated carbocycles. The number of thioether (sulfide) groups is 1. The Morgan fingerprint density at radius 3 is 2.39 bits per heavy atom. The van der Waals surface area contributed by atoms with Crippen molar-refractivity contribution in [1.82, 2.24) is 5.32 Å². The number of hydrogen-bond acceptors (Lipinski definition) is 6. The van der Waals surface area contributed by atoms with E-state index in [1.54, 1.807) is 86.0 Å². The smallest absolute Gasteiger partial charge is 0.272 e. The molecule has 9 heteroatoms. The fourth-order valence-corrected chi connectivity index (χ4v) is 5.84. The van der Waals surface area contributed by atoms with E-state index in [2.05, 4.69) is 10.6 Å². The maximum Gasteiger partial charge on any atom is 0.272 e. The van der Waals surface area contributed by atoms with Crippen LogP contribution in [0.4, 0.5) is 11.4 Å². The molecule has 2 N–H and O–H groups in total. The lowest BCUT2D eigenvalue weighted by Gasteiger charge is -2.18. The van der Waals surface area contributed by atoms with Crippen LogP contribution in [-0.2, 0) is 14.4 Å². The lowest BCUT2D eigenvalue weighted by atomic mass is 10.1. The van der Waals surface area contributed by atoms with Crippen LogP contribution in [0.3, 0.4) is 0 Å². The minimum absolute atomic E-state index is 0.0443. The minimum atomic E-state index is -0.593. The van der Waals surface area contributed by atoms with Gasteiger partial charge in [0.1, 0.15) is 11.4 Å². The van der Waals surface area contributed by atoms with Gasteiger partial charge in [-0.05, 0) is 85.1 Å². The number of nitrogens with zero attached hydrogens (tertiary/aromatic N) is 1. The van der Waals surface area contributed by atoms with Crippen LogP contribution in [-0.4, -0.2) is 36.0 Å². The van der Waals surface area contributed by atoms with Gasteiger partial charge in [0.2, 0.25) is 11.8 Å². The van der Waals surface area contributed by atoms with Crippen molar-refractivity contribution >= 4 is 52.8 Å². The van der Waals surface area contributed by atoms with E-state index in [9.17, 15) is 19.2 Å². The van der Waals surface area contributed by atoms with E-state index in [0.717, 1.165) is 11.1 Å². The van der Waals surface area contributed by atoms with Crippen molar-refractivity contribution in [2.75, 3.05) is 17.3 Å². The number of aryl methyl sites for hydroxylation is 2. The molecule has 0 aliphatic carbocycles. The Morgan fingerprint density at radius 2 is 1.66 bits per heavy atom. The van der Waals surface area contributed by atoms with Crippen LogP contribution in [0.15, 0.2) is 108 Å². The molecule has 1 fully saturated rings. The third kappa shape index (κ3) is 7.07. The zero-order valence-electron chi connectivity index (χ0n) is 24.5. The summed E-state index contributed by atoms with van der Waals surface area (Å²) in [5, 5.41) is 4.99. The molecular formula is C35H31N3O5S. The van der Waals surface area contributed by atoms with Gasteiger partial charge < -0.3 is 15.4 Å². The van der Waals surface area contributed by atoms with Gasteiger partial charge in [-0.15, -0.1) is 11.8 Å². The molecule has 4 amide bonds. The highest BCUT2D eigenvalue weighted by Gasteiger charge is 2.40. The van der Waals surface area contributed by atoms with E-state index in [0.29, 0.717) is 33.1 Å². The molecule has 4 aromatic carbocycles. The summed E-state index contributed by atoms with van der Waals surface area (Å²) in [4.78, 5) is 54.7. The number of benzene rings is 4. The average molecular weight is 606 g/mol. The molecule has 0 aromatic heterocycles. The van der Waals surface area contributed by atoms with Gasteiger partial charge in [0.05, 0.1) is 18.0 Å². The van der Waals surface area contributed by atoms with Crippen LogP contribution in [0, 0.1) is 13.8 Å². The Balaban J connectivity index is 1.33.